The molecule has 31 heavy (non-hydrogen) atoms. The second-order valence-electron chi connectivity index (χ2n) is 7.39. The van der Waals surface area contributed by atoms with E-state index in [0.29, 0.717) is 30.0 Å². The molecule has 4 N–H and O–H groups in total. The minimum absolute atomic E-state index is 0.128. The Balaban J connectivity index is 1.18. The summed E-state index contributed by atoms with van der Waals surface area (Å²) in [4.78, 5) is 14.6. The highest BCUT2D eigenvalue weighted by Crippen LogP contribution is 2.28. The molecular formula is C24H24N4O3. The molecule has 7 heteroatoms. The molecule has 0 aliphatic carbocycles. The number of aryl methyl sites for hydroxylation is 1. The van der Waals surface area contributed by atoms with Gasteiger partial charge < -0.3 is 25.2 Å². The maximum Gasteiger partial charge on any atom is 0.284 e. The fourth-order valence-corrected chi connectivity index (χ4v) is 3.65. The Kier molecular flexibility index (Phi) is 6.20. The Hall–Kier alpha value is -3.76. The molecule has 0 radical (unpaired) electrons. The molecule has 1 amide bonds. The van der Waals surface area contributed by atoms with Crippen LogP contribution in [0.2, 0.25) is 0 Å². The van der Waals surface area contributed by atoms with Crippen molar-refractivity contribution in [3.8, 4) is 11.8 Å². The predicted octanol–water partition coefficient (Wildman–Crippen LogP) is 3.88. The number of nitrogens with two attached hydrogens (primary N) is 1. The van der Waals surface area contributed by atoms with E-state index in [-0.39, 0.29) is 5.76 Å². The maximum absolute atomic E-state index is 11.3. The third kappa shape index (κ3) is 4.71. The Labute approximate surface area is 179 Å². The molecule has 0 spiro atoms. The van der Waals surface area contributed by atoms with E-state index in [1.165, 1.54) is 5.56 Å². The van der Waals surface area contributed by atoms with Gasteiger partial charge in [-0.3, -0.25) is 4.79 Å². The van der Waals surface area contributed by atoms with Crippen molar-refractivity contribution >= 4 is 27.8 Å². The lowest BCUT2D eigenvalue weighted by molar-refractivity contribution is 0.0976. The highest BCUT2D eigenvalue weighted by atomic mass is 16.5. The van der Waals surface area contributed by atoms with Gasteiger partial charge >= 0.3 is 0 Å². The van der Waals surface area contributed by atoms with Gasteiger partial charge in [-0.25, -0.2) is 0 Å². The molecule has 0 fully saturated rings. The number of carbonyl (C=O) groups is 1. The quantitative estimate of drug-likeness (QED) is 0.339. The summed E-state index contributed by atoms with van der Waals surface area (Å²) in [6, 6.07) is 15.1. The van der Waals surface area contributed by atoms with Gasteiger partial charge in [0.2, 0.25) is 0 Å². The molecule has 0 saturated carbocycles. The number of fused-ring (bicyclic) bond motifs is 2. The predicted molar refractivity (Wildman–Crippen MR) is 119 cm³/mol. The topological polar surface area (TPSA) is 117 Å². The van der Waals surface area contributed by atoms with Gasteiger partial charge in [-0.2, -0.15) is 5.26 Å². The number of furan rings is 1. The molecule has 7 nitrogen and oxygen atoms in total. The molecule has 0 atom stereocenters. The molecule has 2 aromatic carbocycles. The van der Waals surface area contributed by atoms with Crippen molar-refractivity contribution < 1.29 is 13.9 Å². The number of aromatic amines is 1. The SMILES string of the molecule is N#Cc1ccc2[nH]cc(CCCCNCCOc3cccc4cc(C(N)=O)oc34)c2c1. The minimum Gasteiger partial charge on any atom is -0.488 e. The Bertz CT molecular complexity index is 1250. The highest BCUT2D eigenvalue weighted by Gasteiger charge is 2.12. The summed E-state index contributed by atoms with van der Waals surface area (Å²) in [5.41, 5.74) is 8.82. The zero-order valence-corrected chi connectivity index (χ0v) is 17.1. The lowest BCUT2D eigenvalue weighted by Gasteiger charge is -2.08. The monoisotopic (exact) mass is 416 g/mol. The van der Waals surface area contributed by atoms with Crippen LogP contribution in [0.5, 0.6) is 5.75 Å². The summed E-state index contributed by atoms with van der Waals surface area (Å²) in [7, 11) is 0. The van der Waals surface area contributed by atoms with Crippen molar-refractivity contribution in [3.63, 3.8) is 0 Å². The molecule has 0 saturated heterocycles. The van der Waals surface area contributed by atoms with E-state index in [2.05, 4.69) is 16.4 Å². The van der Waals surface area contributed by atoms with Crippen molar-refractivity contribution in [3.05, 3.63) is 65.5 Å². The number of aromatic nitrogens is 1. The number of primary amides is 1. The van der Waals surface area contributed by atoms with E-state index in [0.717, 1.165) is 42.1 Å². The summed E-state index contributed by atoms with van der Waals surface area (Å²) >= 11 is 0. The van der Waals surface area contributed by atoms with Gasteiger partial charge in [-0.15, -0.1) is 0 Å². The van der Waals surface area contributed by atoms with Crippen LogP contribution in [0.3, 0.4) is 0 Å². The van der Waals surface area contributed by atoms with E-state index in [1.54, 1.807) is 6.07 Å². The van der Waals surface area contributed by atoms with Crippen LogP contribution in [0.1, 0.15) is 34.5 Å². The van der Waals surface area contributed by atoms with E-state index >= 15 is 0 Å². The summed E-state index contributed by atoms with van der Waals surface area (Å²) < 4.78 is 11.3. The summed E-state index contributed by atoms with van der Waals surface area (Å²) in [6.07, 6.45) is 5.10. The lowest BCUT2D eigenvalue weighted by atomic mass is 10.1. The van der Waals surface area contributed by atoms with Crippen LogP contribution in [-0.4, -0.2) is 30.6 Å². The van der Waals surface area contributed by atoms with Crippen molar-refractivity contribution in [1.82, 2.24) is 10.3 Å². The number of ether oxygens (including phenoxy) is 1. The van der Waals surface area contributed by atoms with Crippen LogP contribution >= 0.6 is 0 Å². The molecule has 0 aliphatic heterocycles. The Morgan fingerprint density at radius 1 is 1.19 bits per heavy atom. The smallest absolute Gasteiger partial charge is 0.284 e. The number of amides is 1. The Morgan fingerprint density at radius 3 is 2.94 bits per heavy atom. The van der Waals surface area contributed by atoms with Crippen molar-refractivity contribution in [2.75, 3.05) is 19.7 Å². The number of H-pyrrole nitrogens is 1. The summed E-state index contributed by atoms with van der Waals surface area (Å²) in [6.45, 7) is 2.09. The number of benzene rings is 2. The maximum atomic E-state index is 11.3. The fraction of sp³-hybridized carbons (Fsp3) is 0.250. The van der Waals surface area contributed by atoms with Gasteiger partial charge in [-0.1, -0.05) is 12.1 Å². The number of nitrogens with one attached hydrogen (secondary N) is 2. The van der Waals surface area contributed by atoms with E-state index < -0.39 is 5.91 Å². The number of para-hydroxylation sites is 1. The third-order valence-electron chi connectivity index (χ3n) is 5.23. The minimum atomic E-state index is -0.595. The molecule has 2 heterocycles. The normalized spacial score (nSPS) is 11.1. The molecule has 0 bridgehead atoms. The van der Waals surface area contributed by atoms with Gasteiger partial charge in [0, 0.05) is 29.0 Å². The first kappa shape index (κ1) is 20.5. The zero-order valence-electron chi connectivity index (χ0n) is 17.1. The summed E-state index contributed by atoms with van der Waals surface area (Å²) in [5.74, 6) is 0.132. The number of carbonyl (C=O) groups excluding carboxylic acids is 1. The first-order chi connectivity index (χ1) is 15.2. The van der Waals surface area contributed by atoms with Crippen LogP contribution in [0.25, 0.3) is 21.9 Å². The lowest BCUT2D eigenvalue weighted by Crippen LogP contribution is -2.22. The van der Waals surface area contributed by atoms with Gasteiger partial charge in [0.15, 0.2) is 17.1 Å². The fourth-order valence-electron chi connectivity index (χ4n) is 3.65. The number of rotatable bonds is 10. The van der Waals surface area contributed by atoms with Crippen LogP contribution in [-0.2, 0) is 6.42 Å². The van der Waals surface area contributed by atoms with Crippen molar-refractivity contribution in [2.45, 2.75) is 19.3 Å². The average molecular weight is 416 g/mol. The van der Waals surface area contributed by atoms with Crippen LogP contribution in [0, 0.1) is 11.3 Å². The van der Waals surface area contributed by atoms with Gasteiger partial charge in [-0.05, 0) is 61.7 Å². The molecule has 158 valence electrons. The second-order valence-corrected chi connectivity index (χ2v) is 7.39. The van der Waals surface area contributed by atoms with Gasteiger partial charge in [0.05, 0.1) is 11.6 Å². The second kappa shape index (κ2) is 9.37. The molecule has 4 rings (SSSR count). The standard InChI is InChI=1S/C24H24N4O3/c25-14-16-7-8-20-19(12-16)18(15-28-20)4-1-2-9-27-10-11-30-21-6-3-5-17-13-22(24(26)29)31-23(17)21/h3,5-8,12-13,15,27-28H,1-2,4,9-11H2,(H2,26,29). The highest BCUT2D eigenvalue weighted by molar-refractivity contribution is 5.96. The number of hydrogen-bond donors (Lipinski definition) is 3. The number of hydrogen-bond acceptors (Lipinski definition) is 5. The third-order valence-corrected chi connectivity index (χ3v) is 5.23. The van der Waals surface area contributed by atoms with E-state index in [4.69, 9.17) is 20.1 Å². The number of nitrogens with zero attached hydrogens (tertiary/aromatic N) is 1. The summed E-state index contributed by atoms with van der Waals surface area (Å²) in [5, 5.41) is 14.4. The number of nitriles is 1. The van der Waals surface area contributed by atoms with Crippen molar-refractivity contribution in [2.24, 2.45) is 5.73 Å². The van der Waals surface area contributed by atoms with Gasteiger partial charge in [0.1, 0.15) is 6.61 Å². The van der Waals surface area contributed by atoms with E-state index in [9.17, 15) is 4.79 Å². The van der Waals surface area contributed by atoms with Crippen LogP contribution < -0.4 is 15.8 Å². The first-order valence-corrected chi connectivity index (χ1v) is 10.3. The number of unbranched alkanes of at least 4 members (excludes halogenated alkanes) is 1. The average Bonchev–Trinajstić information content (AvgIpc) is 3.40. The molecule has 0 unspecified atom stereocenters. The Morgan fingerprint density at radius 2 is 2.10 bits per heavy atom. The molecule has 2 aromatic heterocycles. The molecule has 4 aromatic rings. The first-order valence-electron chi connectivity index (χ1n) is 10.3. The van der Waals surface area contributed by atoms with Crippen LogP contribution in [0.15, 0.2) is 53.1 Å². The largest absolute Gasteiger partial charge is 0.488 e. The zero-order chi connectivity index (χ0) is 21.6. The van der Waals surface area contributed by atoms with E-state index in [1.807, 2.05) is 42.6 Å². The molecular weight excluding hydrogens is 392 g/mol. The molecule has 0 aliphatic rings. The van der Waals surface area contributed by atoms with Crippen molar-refractivity contribution in [1.29, 1.82) is 5.26 Å². The van der Waals surface area contributed by atoms with Gasteiger partial charge in [0.25, 0.3) is 5.91 Å². The van der Waals surface area contributed by atoms with Crippen LogP contribution in [0.4, 0.5) is 0 Å².